The SMILES string of the molecule is CC(=NOC(=O)Nc1ccc(C)cc1)c1cccc2ccccc12. The summed E-state index contributed by atoms with van der Waals surface area (Å²) in [5.41, 5.74) is 3.38. The van der Waals surface area contributed by atoms with E-state index in [1.54, 1.807) is 0 Å². The molecule has 0 aliphatic heterocycles. The average molecular weight is 318 g/mol. The van der Waals surface area contributed by atoms with Gasteiger partial charge in [0.05, 0.1) is 5.71 Å². The number of nitrogens with zero attached hydrogens (tertiary/aromatic N) is 1. The van der Waals surface area contributed by atoms with Crippen LogP contribution in [0.3, 0.4) is 0 Å². The third-order valence-electron chi connectivity index (χ3n) is 3.74. The van der Waals surface area contributed by atoms with E-state index in [9.17, 15) is 4.79 Å². The summed E-state index contributed by atoms with van der Waals surface area (Å²) >= 11 is 0. The van der Waals surface area contributed by atoms with E-state index in [-0.39, 0.29) is 0 Å². The number of benzene rings is 3. The zero-order chi connectivity index (χ0) is 16.9. The van der Waals surface area contributed by atoms with Crippen LogP contribution >= 0.6 is 0 Å². The minimum Gasteiger partial charge on any atom is -0.298 e. The molecule has 3 aromatic rings. The molecule has 1 N–H and O–H groups in total. The molecule has 4 heteroatoms. The summed E-state index contributed by atoms with van der Waals surface area (Å²) in [7, 11) is 0. The molecule has 120 valence electrons. The van der Waals surface area contributed by atoms with Gasteiger partial charge in [0.2, 0.25) is 0 Å². The van der Waals surface area contributed by atoms with Crippen LogP contribution in [-0.2, 0) is 4.84 Å². The van der Waals surface area contributed by atoms with Gasteiger partial charge in [0, 0.05) is 11.3 Å². The van der Waals surface area contributed by atoms with Crippen molar-refractivity contribution in [1.82, 2.24) is 0 Å². The number of rotatable bonds is 3. The number of anilines is 1. The number of carbonyl (C=O) groups is 1. The van der Waals surface area contributed by atoms with Gasteiger partial charge < -0.3 is 0 Å². The van der Waals surface area contributed by atoms with Gasteiger partial charge in [0.15, 0.2) is 0 Å². The Balaban J connectivity index is 1.73. The van der Waals surface area contributed by atoms with E-state index in [1.807, 2.05) is 80.6 Å². The second kappa shape index (κ2) is 6.96. The second-order valence-corrected chi connectivity index (χ2v) is 5.57. The zero-order valence-corrected chi connectivity index (χ0v) is 13.6. The van der Waals surface area contributed by atoms with E-state index in [1.165, 1.54) is 0 Å². The first-order valence-corrected chi connectivity index (χ1v) is 7.71. The molecule has 0 atom stereocenters. The molecule has 0 fully saturated rings. The van der Waals surface area contributed by atoms with E-state index in [4.69, 9.17) is 4.84 Å². The Morgan fingerprint density at radius 2 is 1.67 bits per heavy atom. The van der Waals surface area contributed by atoms with Gasteiger partial charge in [0.25, 0.3) is 0 Å². The van der Waals surface area contributed by atoms with Crippen LogP contribution in [0, 0.1) is 6.92 Å². The third-order valence-corrected chi connectivity index (χ3v) is 3.74. The molecule has 0 saturated carbocycles. The highest BCUT2D eigenvalue weighted by Crippen LogP contribution is 2.19. The third kappa shape index (κ3) is 3.60. The van der Waals surface area contributed by atoms with E-state index in [0.29, 0.717) is 11.4 Å². The van der Waals surface area contributed by atoms with Crippen molar-refractivity contribution in [2.75, 3.05) is 5.32 Å². The maximum Gasteiger partial charge on any atom is 0.437 e. The molecule has 0 heterocycles. The van der Waals surface area contributed by atoms with Crippen molar-refractivity contribution in [3.05, 3.63) is 77.9 Å². The maximum atomic E-state index is 11.9. The Kier molecular flexibility index (Phi) is 4.57. The van der Waals surface area contributed by atoms with Crippen LogP contribution in [0.15, 0.2) is 71.9 Å². The molecule has 0 aliphatic carbocycles. The summed E-state index contributed by atoms with van der Waals surface area (Å²) in [6.45, 7) is 3.81. The zero-order valence-electron chi connectivity index (χ0n) is 13.6. The van der Waals surface area contributed by atoms with Gasteiger partial charge >= 0.3 is 6.09 Å². The van der Waals surface area contributed by atoms with E-state index >= 15 is 0 Å². The molecule has 0 aromatic heterocycles. The highest BCUT2D eigenvalue weighted by Gasteiger charge is 2.06. The number of hydrogen-bond acceptors (Lipinski definition) is 3. The lowest BCUT2D eigenvalue weighted by molar-refractivity contribution is 0.166. The first-order valence-electron chi connectivity index (χ1n) is 7.71. The normalized spacial score (nSPS) is 11.3. The molecule has 1 amide bonds. The quantitative estimate of drug-likeness (QED) is 0.414. The van der Waals surface area contributed by atoms with E-state index < -0.39 is 6.09 Å². The molecule has 0 saturated heterocycles. The van der Waals surface area contributed by atoms with Crippen molar-refractivity contribution >= 4 is 28.3 Å². The number of fused-ring (bicyclic) bond motifs is 1. The molecule has 24 heavy (non-hydrogen) atoms. The average Bonchev–Trinajstić information content (AvgIpc) is 2.61. The molecule has 3 aromatic carbocycles. The van der Waals surface area contributed by atoms with Gasteiger partial charge in [-0.2, -0.15) is 0 Å². The number of oxime groups is 1. The standard InChI is InChI=1S/C20H18N2O2/c1-14-10-12-17(13-11-14)21-20(23)24-22-15(2)18-9-5-7-16-6-3-4-8-19(16)18/h3-13H,1-2H3,(H,21,23). The van der Waals surface area contributed by atoms with Crippen LogP contribution in [-0.4, -0.2) is 11.8 Å². The number of nitrogens with one attached hydrogen (secondary N) is 1. The highest BCUT2D eigenvalue weighted by atomic mass is 16.7. The van der Waals surface area contributed by atoms with Crippen LogP contribution in [0.2, 0.25) is 0 Å². The summed E-state index contributed by atoms with van der Waals surface area (Å²) in [5, 5.41) is 8.80. The van der Waals surface area contributed by atoms with Gasteiger partial charge in [-0.25, -0.2) is 4.79 Å². The van der Waals surface area contributed by atoms with Crippen LogP contribution in [0.25, 0.3) is 10.8 Å². The van der Waals surface area contributed by atoms with Crippen molar-refractivity contribution in [3.8, 4) is 0 Å². The lowest BCUT2D eigenvalue weighted by Crippen LogP contribution is -2.12. The minimum absolute atomic E-state index is 0.613. The maximum absolute atomic E-state index is 11.9. The first kappa shape index (κ1) is 15.7. The predicted octanol–water partition coefficient (Wildman–Crippen LogP) is 5.12. The Bertz CT molecular complexity index is 894. The summed E-state index contributed by atoms with van der Waals surface area (Å²) in [6, 6.07) is 21.5. The second-order valence-electron chi connectivity index (χ2n) is 5.57. The van der Waals surface area contributed by atoms with E-state index in [0.717, 1.165) is 21.9 Å². The number of carbonyl (C=O) groups excluding carboxylic acids is 1. The fourth-order valence-electron chi connectivity index (χ4n) is 2.48. The molecule has 4 nitrogen and oxygen atoms in total. The first-order chi connectivity index (χ1) is 11.6. The van der Waals surface area contributed by atoms with Crippen LogP contribution in [0.1, 0.15) is 18.1 Å². The molecule has 0 spiro atoms. The molecular formula is C20H18N2O2. The summed E-state index contributed by atoms with van der Waals surface area (Å²) in [6.07, 6.45) is -0.613. The summed E-state index contributed by atoms with van der Waals surface area (Å²) in [4.78, 5) is 16.8. The van der Waals surface area contributed by atoms with Gasteiger partial charge in [-0.15, -0.1) is 0 Å². The fraction of sp³-hybridized carbons (Fsp3) is 0.100. The van der Waals surface area contributed by atoms with Crippen molar-refractivity contribution in [1.29, 1.82) is 0 Å². The summed E-state index contributed by atoms with van der Waals surface area (Å²) < 4.78 is 0. The van der Waals surface area contributed by atoms with Crippen LogP contribution in [0.4, 0.5) is 10.5 Å². The lowest BCUT2D eigenvalue weighted by Gasteiger charge is -2.06. The Morgan fingerprint density at radius 1 is 0.958 bits per heavy atom. The Hall–Kier alpha value is -3.14. The Labute approximate surface area is 140 Å². The van der Waals surface area contributed by atoms with Crippen LogP contribution in [0.5, 0.6) is 0 Å². The van der Waals surface area contributed by atoms with Gasteiger partial charge in [-0.1, -0.05) is 65.3 Å². The van der Waals surface area contributed by atoms with Gasteiger partial charge in [0.1, 0.15) is 0 Å². The Morgan fingerprint density at radius 3 is 2.46 bits per heavy atom. The van der Waals surface area contributed by atoms with Crippen molar-refractivity contribution in [3.63, 3.8) is 0 Å². The van der Waals surface area contributed by atoms with Crippen molar-refractivity contribution in [2.24, 2.45) is 5.16 Å². The summed E-state index contributed by atoms with van der Waals surface area (Å²) in [5.74, 6) is 0. The minimum atomic E-state index is -0.613. The number of hydrogen-bond donors (Lipinski definition) is 1. The molecule has 3 rings (SSSR count). The topological polar surface area (TPSA) is 50.7 Å². The monoisotopic (exact) mass is 318 g/mol. The molecular weight excluding hydrogens is 300 g/mol. The number of aryl methyl sites for hydroxylation is 1. The molecule has 0 unspecified atom stereocenters. The van der Waals surface area contributed by atoms with Crippen molar-refractivity contribution < 1.29 is 9.63 Å². The van der Waals surface area contributed by atoms with Crippen LogP contribution < -0.4 is 5.32 Å². The number of amides is 1. The van der Waals surface area contributed by atoms with E-state index in [2.05, 4.69) is 10.5 Å². The highest BCUT2D eigenvalue weighted by molar-refractivity contribution is 6.09. The van der Waals surface area contributed by atoms with Crippen molar-refractivity contribution in [2.45, 2.75) is 13.8 Å². The smallest absolute Gasteiger partial charge is 0.298 e. The lowest BCUT2D eigenvalue weighted by atomic mass is 10.0. The fourth-order valence-corrected chi connectivity index (χ4v) is 2.48. The largest absolute Gasteiger partial charge is 0.437 e. The van der Waals surface area contributed by atoms with Gasteiger partial charge in [-0.05, 0) is 36.8 Å². The molecule has 0 radical (unpaired) electrons. The molecule has 0 bridgehead atoms. The molecule has 0 aliphatic rings. The predicted molar refractivity (Wildman–Crippen MR) is 97.4 cm³/mol. The van der Waals surface area contributed by atoms with Gasteiger partial charge in [-0.3, -0.25) is 10.2 Å².